The van der Waals surface area contributed by atoms with Crippen LogP contribution in [0.3, 0.4) is 0 Å². The van der Waals surface area contributed by atoms with Gasteiger partial charge in [-0.05, 0) is 32.0 Å². The zero-order valence-corrected chi connectivity index (χ0v) is 10.3. The fourth-order valence-corrected chi connectivity index (χ4v) is 1.43. The number of carbonyl (C=O) groups is 1. The molecule has 0 spiro atoms. The summed E-state index contributed by atoms with van der Waals surface area (Å²) in [6.45, 7) is 7.25. The molecule has 0 aliphatic rings. The van der Waals surface area contributed by atoms with Crippen molar-refractivity contribution in [2.75, 3.05) is 0 Å². The molecule has 0 aliphatic carbocycles. The van der Waals surface area contributed by atoms with Crippen molar-refractivity contribution >= 4 is 17.4 Å². The van der Waals surface area contributed by atoms with Crippen LogP contribution >= 0.6 is 11.6 Å². The van der Waals surface area contributed by atoms with E-state index in [2.05, 4.69) is 6.58 Å². The number of hydrogen-bond donors (Lipinski definition) is 0. The normalized spacial score (nSPS) is 11.9. The number of rotatable bonds is 5. The van der Waals surface area contributed by atoms with Crippen molar-refractivity contribution in [2.24, 2.45) is 0 Å². The zero-order valence-electron chi connectivity index (χ0n) is 9.50. The molecule has 3 heteroatoms. The lowest BCUT2D eigenvalue weighted by molar-refractivity contribution is -0.124. The van der Waals surface area contributed by atoms with Crippen molar-refractivity contribution in [1.82, 2.24) is 0 Å². The summed E-state index contributed by atoms with van der Waals surface area (Å²) in [6, 6.07) is 7.00. The quantitative estimate of drug-likeness (QED) is 0.732. The summed E-state index contributed by atoms with van der Waals surface area (Å²) in [5.74, 6) is 0.627. The third-order valence-corrected chi connectivity index (χ3v) is 2.27. The average Bonchev–Trinajstić information content (AvgIpc) is 2.16. The Morgan fingerprint density at radius 3 is 2.81 bits per heavy atom. The van der Waals surface area contributed by atoms with E-state index in [0.717, 1.165) is 5.57 Å². The second-order valence-electron chi connectivity index (χ2n) is 3.82. The minimum Gasteiger partial charge on any atom is -0.483 e. The van der Waals surface area contributed by atoms with E-state index in [0.29, 0.717) is 17.2 Å². The molecule has 0 saturated heterocycles. The van der Waals surface area contributed by atoms with Gasteiger partial charge in [-0.25, -0.2) is 0 Å². The van der Waals surface area contributed by atoms with Crippen LogP contribution in [-0.2, 0) is 4.79 Å². The van der Waals surface area contributed by atoms with Gasteiger partial charge in [0.1, 0.15) is 5.75 Å². The predicted molar refractivity (Wildman–Crippen MR) is 66.0 cm³/mol. The maximum atomic E-state index is 11.6. The van der Waals surface area contributed by atoms with E-state index in [-0.39, 0.29) is 5.78 Å². The molecule has 0 amide bonds. The first-order valence-corrected chi connectivity index (χ1v) is 5.46. The van der Waals surface area contributed by atoms with Gasteiger partial charge >= 0.3 is 0 Å². The molecular weight excluding hydrogens is 224 g/mol. The topological polar surface area (TPSA) is 26.3 Å². The summed E-state index contributed by atoms with van der Waals surface area (Å²) < 4.78 is 5.48. The summed E-state index contributed by atoms with van der Waals surface area (Å²) in [4.78, 5) is 11.6. The van der Waals surface area contributed by atoms with Gasteiger partial charge in [0.05, 0.1) is 0 Å². The number of halogens is 1. The molecule has 0 fully saturated rings. The lowest BCUT2D eigenvalue weighted by Gasteiger charge is -2.13. The first-order chi connectivity index (χ1) is 7.49. The minimum absolute atomic E-state index is 0.0208. The van der Waals surface area contributed by atoms with Crippen LogP contribution in [0.1, 0.15) is 20.3 Å². The Kier molecular flexibility index (Phi) is 4.56. The SMILES string of the molecule is C=C(C)CC(=O)C(C)Oc1cccc(Cl)c1. The van der Waals surface area contributed by atoms with Crippen LogP contribution in [0.2, 0.25) is 5.02 Å². The number of benzene rings is 1. The van der Waals surface area contributed by atoms with Gasteiger partial charge < -0.3 is 4.74 Å². The van der Waals surface area contributed by atoms with Gasteiger partial charge in [-0.3, -0.25) is 4.79 Å². The smallest absolute Gasteiger partial charge is 0.176 e. The molecule has 0 radical (unpaired) electrons. The van der Waals surface area contributed by atoms with Gasteiger partial charge in [-0.15, -0.1) is 0 Å². The van der Waals surface area contributed by atoms with E-state index in [1.54, 1.807) is 31.2 Å². The summed E-state index contributed by atoms with van der Waals surface area (Å²) in [6.07, 6.45) is -0.128. The maximum Gasteiger partial charge on any atom is 0.176 e. The fourth-order valence-electron chi connectivity index (χ4n) is 1.25. The lowest BCUT2D eigenvalue weighted by atomic mass is 10.1. The molecular formula is C13H15ClO2. The van der Waals surface area contributed by atoms with Crippen molar-refractivity contribution < 1.29 is 9.53 Å². The van der Waals surface area contributed by atoms with Gasteiger partial charge in [0.2, 0.25) is 0 Å². The van der Waals surface area contributed by atoms with E-state index in [1.165, 1.54) is 0 Å². The molecule has 16 heavy (non-hydrogen) atoms. The van der Waals surface area contributed by atoms with Crippen molar-refractivity contribution in [3.8, 4) is 5.75 Å². The van der Waals surface area contributed by atoms with Crippen LogP contribution in [0.4, 0.5) is 0 Å². The Labute approximate surface area is 101 Å². The largest absolute Gasteiger partial charge is 0.483 e. The monoisotopic (exact) mass is 238 g/mol. The highest BCUT2D eigenvalue weighted by Crippen LogP contribution is 2.19. The number of ketones is 1. The third kappa shape index (κ3) is 4.07. The summed E-state index contributed by atoms with van der Waals surface area (Å²) in [7, 11) is 0. The maximum absolute atomic E-state index is 11.6. The summed E-state index contributed by atoms with van der Waals surface area (Å²) in [5.41, 5.74) is 0.839. The molecule has 1 aromatic carbocycles. The van der Waals surface area contributed by atoms with Gasteiger partial charge in [-0.2, -0.15) is 0 Å². The minimum atomic E-state index is -0.477. The van der Waals surface area contributed by atoms with E-state index in [9.17, 15) is 4.79 Å². The Bertz CT molecular complexity index is 399. The Balaban J connectivity index is 2.60. The first-order valence-electron chi connectivity index (χ1n) is 5.08. The van der Waals surface area contributed by atoms with Crippen LogP contribution < -0.4 is 4.74 Å². The molecule has 0 aromatic heterocycles. The summed E-state index contributed by atoms with van der Waals surface area (Å²) in [5, 5.41) is 0.594. The number of allylic oxidation sites excluding steroid dienone is 1. The highest BCUT2D eigenvalue weighted by Gasteiger charge is 2.14. The Morgan fingerprint density at radius 1 is 1.56 bits per heavy atom. The van der Waals surface area contributed by atoms with E-state index in [1.807, 2.05) is 6.92 Å². The Morgan fingerprint density at radius 2 is 2.25 bits per heavy atom. The predicted octanol–water partition coefficient (Wildman–Crippen LogP) is 3.64. The highest BCUT2D eigenvalue weighted by molar-refractivity contribution is 6.30. The molecule has 1 unspecified atom stereocenters. The van der Waals surface area contributed by atoms with E-state index in [4.69, 9.17) is 16.3 Å². The molecule has 0 heterocycles. The zero-order chi connectivity index (χ0) is 12.1. The van der Waals surface area contributed by atoms with Crippen molar-refractivity contribution in [3.05, 3.63) is 41.4 Å². The second-order valence-corrected chi connectivity index (χ2v) is 4.25. The number of ether oxygens (including phenoxy) is 1. The number of Topliss-reactive ketones (excluding diaryl/α,β-unsaturated/α-hetero) is 1. The first kappa shape index (κ1) is 12.8. The molecule has 2 nitrogen and oxygen atoms in total. The molecule has 0 N–H and O–H groups in total. The molecule has 0 aliphatic heterocycles. The van der Waals surface area contributed by atoms with Crippen molar-refractivity contribution in [1.29, 1.82) is 0 Å². The third-order valence-electron chi connectivity index (χ3n) is 2.04. The molecule has 1 rings (SSSR count). The van der Waals surface area contributed by atoms with Crippen LogP contribution in [0.15, 0.2) is 36.4 Å². The lowest BCUT2D eigenvalue weighted by Crippen LogP contribution is -2.23. The second kappa shape index (κ2) is 5.71. The van der Waals surface area contributed by atoms with E-state index < -0.39 is 6.10 Å². The van der Waals surface area contributed by atoms with Crippen LogP contribution in [0.25, 0.3) is 0 Å². The number of carbonyl (C=O) groups excluding carboxylic acids is 1. The van der Waals surface area contributed by atoms with Crippen LogP contribution in [-0.4, -0.2) is 11.9 Å². The standard InChI is InChI=1S/C13H15ClO2/c1-9(2)7-13(15)10(3)16-12-6-4-5-11(14)8-12/h4-6,8,10H,1,7H2,2-3H3. The number of hydrogen-bond acceptors (Lipinski definition) is 2. The van der Waals surface area contributed by atoms with Gasteiger partial charge in [0.15, 0.2) is 11.9 Å². The molecule has 0 bridgehead atoms. The van der Waals surface area contributed by atoms with Crippen molar-refractivity contribution in [3.63, 3.8) is 0 Å². The van der Waals surface area contributed by atoms with Gasteiger partial charge in [0.25, 0.3) is 0 Å². The fraction of sp³-hybridized carbons (Fsp3) is 0.308. The van der Waals surface area contributed by atoms with E-state index >= 15 is 0 Å². The molecule has 1 atom stereocenters. The average molecular weight is 239 g/mol. The molecule has 86 valence electrons. The van der Waals surface area contributed by atoms with Gasteiger partial charge in [-0.1, -0.05) is 29.8 Å². The van der Waals surface area contributed by atoms with Gasteiger partial charge in [0, 0.05) is 11.4 Å². The molecule has 0 saturated carbocycles. The Hall–Kier alpha value is -1.28. The molecule has 1 aromatic rings. The highest BCUT2D eigenvalue weighted by atomic mass is 35.5. The van der Waals surface area contributed by atoms with Crippen LogP contribution in [0.5, 0.6) is 5.75 Å². The summed E-state index contributed by atoms with van der Waals surface area (Å²) >= 11 is 5.81. The van der Waals surface area contributed by atoms with Crippen LogP contribution in [0, 0.1) is 0 Å². The van der Waals surface area contributed by atoms with Crippen molar-refractivity contribution in [2.45, 2.75) is 26.4 Å².